The van der Waals surface area contributed by atoms with Gasteiger partial charge in [0.1, 0.15) is 6.61 Å². The van der Waals surface area contributed by atoms with Gasteiger partial charge in [-0.05, 0) is 6.42 Å². The van der Waals surface area contributed by atoms with Crippen molar-refractivity contribution in [3.05, 3.63) is 0 Å². The lowest BCUT2D eigenvalue weighted by molar-refractivity contribution is -0.129. The summed E-state index contributed by atoms with van der Waals surface area (Å²) in [6, 6.07) is 0. The highest BCUT2D eigenvalue weighted by Gasteiger charge is 2.10. The highest BCUT2D eigenvalue weighted by molar-refractivity contribution is 5.81. The van der Waals surface area contributed by atoms with Crippen LogP contribution in [0.2, 0.25) is 0 Å². The number of ether oxygens (including phenoxy) is 1. The van der Waals surface area contributed by atoms with E-state index in [2.05, 4.69) is 0 Å². The van der Waals surface area contributed by atoms with Gasteiger partial charge in [-0.25, -0.2) is 0 Å². The van der Waals surface area contributed by atoms with E-state index in [4.69, 9.17) is 9.84 Å². The Labute approximate surface area is 73.7 Å². The van der Waals surface area contributed by atoms with E-state index in [0.717, 1.165) is 6.42 Å². The van der Waals surface area contributed by atoms with Crippen molar-refractivity contribution in [2.45, 2.75) is 33.3 Å². The Morgan fingerprint density at radius 1 is 1.50 bits per heavy atom. The number of Topliss-reactive ketones (excluding diaryl/α,β-unsaturated/α-hetero) is 1. The van der Waals surface area contributed by atoms with Crippen LogP contribution in [0.4, 0.5) is 0 Å². The van der Waals surface area contributed by atoms with Crippen molar-refractivity contribution >= 4 is 5.78 Å². The molecular formula is C9H18O3. The summed E-state index contributed by atoms with van der Waals surface area (Å²) < 4.78 is 5.16. The summed E-state index contributed by atoms with van der Waals surface area (Å²) in [5, 5.41) is 8.74. The Bertz CT molecular complexity index is 128. The predicted molar refractivity (Wildman–Crippen MR) is 47.0 cm³/mol. The molecule has 0 heterocycles. The molecule has 72 valence electrons. The molecule has 0 aromatic rings. The molecule has 0 aromatic heterocycles. The number of carbonyl (C=O) groups excluding carboxylic acids is 1. The average Bonchev–Trinajstić information content (AvgIpc) is 2.05. The molecule has 0 spiro atoms. The van der Waals surface area contributed by atoms with Gasteiger partial charge < -0.3 is 9.84 Å². The van der Waals surface area contributed by atoms with Crippen LogP contribution in [0.15, 0.2) is 0 Å². The largest absolute Gasteiger partial charge is 0.394 e. The molecule has 0 saturated heterocycles. The first-order chi connectivity index (χ1) is 5.61. The molecule has 0 aliphatic carbocycles. The zero-order chi connectivity index (χ0) is 9.56. The number of ketones is 1. The van der Waals surface area contributed by atoms with Gasteiger partial charge in [-0.2, -0.15) is 0 Å². The van der Waals surface area contributed by atoms with Crippen LogP contribution in [0, 0.1) is 5.92 Å². The van der Waals surface area contributed by atoms with Crippen molar-refractivity contribution in [2.75, 3.05) is 13.2 Å². The lowest BCUT2D eigenvalue weighted by Gasteiger charge is -2.13. The van der Waals surface area contributed by atoms with Gasteiger partial charge in [0.05, 0.1) is 12.7 Å². The van der Waals surface area contributed by atoms with E-state index in [1.165, 1.54) is 0 Å². The van der Waals surface area contributed by atoms with Gasteiger partial charge in [-0.1, -0.05) is 20.8 Å². The second kappa shape index (κ2) is 6.14. The number of aliphatic hydroxyl groups is 1. The number of rotatable bonds is 6. The van der Waals surface area contributed by atoms with Gasteiger partial charge in [0.15, 0.2) is 5.78 Å². The maximum atomic E-state index is 11.1. The Balaban J connectivity index is 3.59. The lowest BCUT2D eigenvalue weighted by Crippen LogP contribution is -2.23. The quantitative estimate of drug-likeness (QED) is 0.653. The molecule has 0 saturated carbocycles. The van der Waals surface area contributed by atoms with Crippen LogP contribution in [-0.4, -0.2) is 30.2 Å². The van der Waals surface area contributed by atoms with Crippen LogP contribution < -0.4 is 0 Å². The van der Waals surface area contributed by atoms with E-state index in [1.807, 2.05) is 20.8 Å². The lowest BCUT2D eigenvalue weighted by atomic mass is 10.1. The van der Waals surface area contributed by atoms with E-state index in [1.54, 1.807) is 0 Å². The highest BCUT2D eigenvalue weighted by atomic mass is 16.5. The predicted octanol–water partition coefficient (Wildman–Crippen LogP) is 0.999. The van der Waals surface area contributed by atoms with E-state index >= 15 is 0 Å². The minimum Gasteiger partial charge on any atom is -0.394 e. The summed E-state index contributed by atoms with van der Waals surface area (Å²) >= 11 is 0. The van der Waals surface area contributed by atoms with Crippen LogP contribution in [0.25, 0.3) is 0 Å². The van der Waals surface area contributed by atoms with Crippen molar-refractivity contribution in [3.63, 3.8) is 0 Å². The third kappa shape index (κ3) is 4.46. The molecule has 3 nitrogen and oxygen atoms in total. The second-order valence-corrected chi connectivity index (χ2v) is 3.14. The standard InChI is InChI=1S/C9H18O3/c1-4-8(5-10)12-6-9(11)7(2)3/h7-8,10H,4-6H2,1-3H3. The Morgan fingerprint density at radius 2 is 2.08 bits per heavy atom. The van der Waals surface area contributed by atoms with Gasteiger partial charge in [0.2, 0.25) is 0 Å². The summed E-state index contributed by atoms with van der Waals surface area (Å²) in [6.07, 6.45) is 0.551. The summed E-state index contributed by atoms with van der Waals surface area (Å²) in [7, 11) is 0. The first-order valence-corrected chi connectivity index (χ1v) is 4.37. The van der Waals surface area contributed by atoms with Gasteiger partial charge in [-0.15, -0.1) is 0 Å². The molecule has 0 aliphatic heterocycles. The second-order valence-electron chi connectivity index (χ2n) is 3.14. The number of carbonyl (C=O) groups is 1. The fourth-order valence-electron chi connectivity index (χ4n) is 0.666. The third-order valence-corrected chi connectivity index (χ3v) is 1.76. The maximum absolute atomic E-state index is 11.1. The number of aliphatic hydroxyl groups excluding tert-OH is 1. The van der Waals surface area contributed by atoms with Crippen LogP contribution in [0.5, 0.6) is 0 Å². The fraction of sp³-hybridized carbons (Fsp3) is 0.889. The smallest absolute Gasteiger partial charge is 0.160 e. The Kier molecular flexibility index (Phi) is 5.93. The fourth-order valence-corrected chi connectivity index (χ4v) is 0.666. The minimum atomic E-state index is -0.187. The SMILES string of the molecule is CCC(CO)OCC(=O)C(C)C. The molecule has 0 rings (SSSR count). The van der Waals surface area contributed by atoms with Crippen molar-refractivity contribution < 1.29 is 14.6 Å². The van der Waals surface area contributed by atoms with Crippen molar-refractivity contribution in [1.82, 2.24) is 0 Å². The summed E-state index contributed by atoms with van der Waals surface area (Å²) in [6.45, 7) is 5.70. The Morgan fingerprint density at radius 3 is 2.42 bits per heavy atom. The summed E-state index contributed by atoms with van der Waals surface area (Å²) in [5.41, 5.74) is 0. The molecule has 0 aromatic carbocycles. The molecule has 1 atom stereocenters. The zero-order valence-electron chi connectivity index (χ0n) is 8.04. The molecule has 0 amide bonds. The Hall–Kier alpha value is -0.410. The molecule has 0 aliphatic rings. The van der Waals surface area contributed by atoms with E-state index < -0.39 is 0 Å². The van der Waals surface area contributed by atoms with E-state index in [-0.39, 0.29) is 31.0 Å². The molecule has 0 bridgehead atoms. The average molecular weight is 174 g/mol. The number of hydrogen-bond acceptors (Lipinski definition) is 3. The molecule has 3 heteroatoms. The monoisotopic (exact) mass is 174 g/mol. The zero-order valence-corrected chi connectivity index (χ0v) is 8.04. The third-order valence-electron chi connectivity index (χ3n) is 1.76. The first kappa shape index (κ1) is 11.6. The summed E-state index contributed by atoms with van der Waals surface area (Å²) in [4.78, 5) is 11.1. The van der Waals surface area contributed by atoms with Crippen LogP contribution in [0.3, 0.4) is 0 Å². The van der Waals surface area contributed by atoms with Gasteiger partial charge in [-0.3, -0.25) is 4.79 Å². The molecule has 12 heavy (non-hydrogen) atoms. The van der Waals surface area contributed by atoms with E-state index in [9.17, 15) is 4.79 Å². The first-order valence-electron chi connectivity index (χ1n) is 4.37. The molecule has 0 fully saturated rings. The topological polar surface area (TPSA) is 46.5 Å². The normalized spacial score (nSPS) is 13.4. The van der Waals surface area contributed by atoms with Crippen LogP contribution in [-0.2, 0) is 9.53 Å². The molecule has 1 unspecified atom stereocenters. The van der Waals surface area contributed by atoms with Crippen molar-refractivity contribution in [2.24, 2.45) is 5.92 Å². The maximum Gasteiger partial charge on any atom is 0.160 e. The highest BCUT2D eigenvalue weighted by Crippen LogP contribution is 2.00. The number of hydrogen-bond donors (Lipinski definition) is 1. The van der Waals surface area contributed by atoms with Gasteiger partial charge in [0, 0.05) is 5.92 Å². The van der Waals surface area contributed by atoms with Crippen molar-refractivity contribution in [3.8, 4) is 0 Å². The summed E-state index contributed by atoms with van der Waals surface area (Å²) in [5.74, 6) is 0.100. The van der Waals surface area contributed by atoms with Crippen LogP contribution in [0.1, 0.15) is 27.2 Å². The van der Waals surface area contributed by atoms with E-state index in [0.29, 0.717) is 0 Å². The minimum absolute atomic E-state index is 0.0120. The van der Waals surface area contributed by atoms with Crippen LogP contribution >= 0.6 is 0 Å². The molecule has 0 radical (unpaired) electrons. The van der Waals surface area contributed by atoms with Crippen molar-refractivity contribution in [1.29, 1.82) is 0 Å². The molecular weight excluding hydrogens is 156 g/mol. The van der Waals surface area contributed by atoms with Gasteiger partial charge >= 0.3 is 0 Å². The molecule has 1 N–H and O–H groups in total. The van der Waals surface area contributed by atoms with Gasteiger partial charge in [0.25, 0.3) is 0 Å².